The Hall–Kier alpha value is -2.24. The van der Waals surface area contributed by atoms with Gasteiger partial charge in [-0.15, -0.1) is 0 Å². The van der Waals surface area contributed by atoms with E-state index < -0.39 is 0 Å². The molecule has 1 aromatic rings. The van der Waals surface area contributed by atoms with Gasteiger partial charge in [0.1, 0.15) is 18.9 Å². The van der Waals surface area contributed by atoms with Crippen LogP contribution in [-0.4, -0.2) is 60.6 Å². The molecule has 1 fully saturated rings. The van der Waals surface area contributed by atoms with Crippen molar-refractivity contribution in [1.82, 2.24) is 15.1 Å². The Morgan fingerprint density at radius 3 is 2.64 bits per heavy atom. The standard InChI is InChI=1S/C19H29N3O3/c1-4-5-10-21-11-12-22(13-18(21)23)19(24)20-16(3)14-25-17-8-6-15(2)7-9-17/h6-9,16H,4-5,10-14H2,1-3H3,(H,20,24)/t16-/m0/s1. The lowest BCUT2D eigenvalue weighted by Crippen LogP contribution is -2.56. The largest absolute Gasteiger partial charge is 0.491 e. The zero-order chi connectivity index (χ0) is 18.2. The second-order valence-electron chi connectivity index (χ2n) is 6.63. The first-order valence-corrected chi connectivity index (χ1v) is 9.02. The minimum absolute atomic E-state index is 0.0263. The molecule has 2 rings (SSSR count). The summed E-state index contributed by atoms with van der Waals surface area (Å²) < 4.78 is 5.69. The molecule has 1 aromatic carbocycles. The number of ether oxygens (including phenoxy) is 1. The quantitative estimate of drug-likeness (QED) is 0.824. The Morgan fingerprint density at radius 2 is 2.00 bits per heavy atom. The lowest BCUT2D eigenvalue weighted by Gasteiger charge is -2.34. The van der Waals surface area contributed by atoms with E-state index in [1.807, 2.05) is 43.0 Å². The van der Waals surface area contributed by atoms with Gasteiger partial charge in [0.2, 0.25) is 5.91 Å². The van der Waals surface area contributed by atoms with Crippen LogP contribution in [0.25, 0.3) is 0 Å². The van der Waals surface area contributed by atoms with Gasteiger partial charge in [-0.05, 0) is 32.4 Å². The molecule has 0 saturated carbocycles. The SMILES string of the molecule is CCCCN1CCN(C(=O)N[C@@H](C)COc2ccc(C)cc2)CC1=O. The number of aryl methyl sites for hydroxylation is 1. The molecule has 0 bridgehead atoms. The number of benzene rings is 1. The zero-order valence-electron chi connectivity index (χ0n) is 15.5. The third-order valence-corrected chi connectivity index (χ3v) is 4.28. The van der Waals surface area contributed by atoms with Crippen molar-refractivity contribution in [2.75, 3.05) is 32.8 Å². The smallest absolute Gasteiger partial charge is 0.318 e. The summed E-state index contributed by atoms with van der Waals surface area (Å²) in [6, 6.07) is 7.46. The van der Waals surface area contributed by atoms with Crippen LogP contribution in [-0.2, 0) is 4.79 Å². The lowest BCUT2D eigenvalue weighted by atomic mass is 10.2. The molecule has 0 radical (unpaired) electrons. The number of piperazine rings is 1. The molecule has 138 valence electrons. The van der Waals surface area contributed by atoms with Crippen molar-refractivity contribution in [2.24, 2.45) is 0 Å². The van der Waals surface area contributed by atoms with Gasteiger partial charge in [0.25, 0.3) is 0 Å². The zero-order valence-corrected chi connectivity index (χ0v) is 15.5. The number of carbonyl (C=O) groups excluding carboxylic acids is 2. The highest BCUT2D eigenvalue weighted by Gasteiger charge is 2.27. The molecule has 0 aromatic heterocycles. The summed E-state index contributed by atoms with van der Waals surface area (Å²) >= 11 is 0. The van der Waals surface area contributed by atoms with Gasteiger partial charge in [0, 0.05) is 19.6 Å². The van der Waals surface area contributed by atoms with Gasteiger partial charge in [-0.2, -0.15) is 0 Å². The van der Waals surface area contributed by atoms with Crippen molar-refractivity contribution in [3.05, 3.63) is 29.8 Å². The van der Waals surface area contributed by atoms with Crippen LogP contribution in [0.3, 0.4) is 0 Å². The van der Waals surface area contributed by atoms with Gasteiger partial charge in [-0.1, -0.05) is 31.0 Å². The topological polar surface area (TPSA) is 61.9 Å². The Bertz CT molecular complexity index is 574. The minimum atomic E-state index is -0.205. The maximum absolute atomic E-state index is 12.3. The van der Waals surface area contributed by atoms with Crippen molar-refractivity contribution in [3.8, 4) is 5.75 Å². The fourth-order valence-electron chi connectivity index (χ4n) is 2.67. The van der Waals surface area contributed by atoms with Crippen LogP contribution in [0.4, 0.5) is 4.79 Å². The van der Waals surface area contributed by atoms with Gasteiger partial charge >= 0.3 is 6.03 Å². The Balaban J connectivity index is 1.73. The van der Waals surface area contributed by atoms with Crippen LogP contribution < -0.4 is 10.1 Å². The number of rotatable bonds is 7. The first-order valence-electron chi connectivity index (χ1n) is 9.02. The van der Waals surface area contributed by atoms with Crippen molar-refractivity contribution in [1.29, 1.82) is 0 Å². The Labute approximate surface area is 150 Å². The van der Waals surface area contributed by atoms with Gasteiger partial charge in [-0.3, -0.25) is 4.79 Å². The Morgan fingerprint density at radius 1 is 1.28 bits per heavy atom. The van der Waals surface area contributed by atoms with Crippen molar-refractivity contribution in [3.63, 3.8) is 0 Å². The minimum Gasteiger partial charge on any atom is -0.491 e. The fourth-order valence-corrected chi connectivity index (χ4v) is 2.67. The molecule has 6 nitrogen and oxygen atoms in total. The van der Waals surface area contributed by atoms with E-state index in [4.69, 9.17) is 4.74 Å². The third-order valence-electron chi connectivity index (χ3n) is 4.28. The molecular formula is C19H29N3O3. The van der Waals surface area contributed by atoms with Crippen LogP contribution >= 0.6 is 0 Å². The summed E-state index contributed by atoms with van der Waals surface area (Å²) in [6.07, 6.45) is 2.07. The second kappa shape index (κ2) is 9.30. The summed E-state index contributed by atoms with van der Waals surface area (Å²) in [7, 11) is 0. The van der Waals surface area contributed by atoms with Crippen LogP contribution in [0.1, 0.15) is 32.3 Å². The van der Waals surface area contributed by atoms with Gasteiger partial charge in [-0.25, -0.2) is 4.79 Å². The number of nitrogens with one attached hydrogen (secondary N) is 1. The van der Waals surface area contributed by atoms with E-state index in [9.17, 15) is 9.59 Å². The first-order chi connectivity index (χ1) is 12.0. The molecule has 25 heavy (non-hydrogen) atoms. The second-order valence-corrected chi connectivity index (χ2v) is 6.63. The maximum Gasteiger partial charge on any atom is 0.318 e. The number of urea groups is 1. The van der Waals surface area contributed by atoms with E-state index in [2.05, 4.69) is 12.2 Å². The van der Waals surface area contributed by atoms with Crippen LogP contribution in [0.15, 0.2) is 24.3 Å². The predicted octanol–water partition coefficient (Wildman–Crippen LogP) is 2.42. The number of unbranched alkanes of at least 4 members (excludes halogenated alkanes) is 1. The summed E-state index contributed by atoms with van der Waals surface area (Å²) in [4.78, 5) is 27.9. The van der Waals surface area contributed by atoms with Gasteiger partial charge in [0.15, 0.2) is 0 Å². The van der Waals surface area contributed by atoms with E-state index in [0.717, 1.165) is 25.1 Å². The monoisotopic (exact) mass is 347 g/mol. The van der Waals surface area contributed by atoms with Gasteiger partial charge in [0.05, 0.1) is 6.04 Å². The number of hydrogen-bond acceptors (Lipinski definition) is 3. The van der Waals surface area contributed by atoms with Crippen LogP contribution in [0, 0.1) is 6.92 Å². The lowest BCUT2D eigenvalue weighted by molar-refractivity contribution is -0.134. The Kier molecular flexibility index (Phi) is 7.10. The molecule has 6 heteroatoms. The highest BCUT2D eigenvalue weighted by Crippen LogP contribution is 2.11. The van der Waals surface area contributed by atoms with E-state index in [1.165, 1.54) is 5.56 Å². The highest BCUT2D eigenvalue weighted by molar-refractivity contribution is 5.85. The third kappa shape index (κ3) is 5.96. The molecule has 1 heterocycles. The molecule has 3 amide bonds. The molecular weight excluding hydrogens is 318 g/mol. The highest BCUT2D eigenvalue weighted by atomic mass is 16.5. The summed E-state index contributed by atoms with van der Waals surface area (Å²) in [5.74, 6) is 0.810. The van der Waals surface area contributed by atoms with Gasteiger partial charge < -0.3 is 19.9 Å². The number of hydrogen-bond donors (Lipinski definition) is 1. The average molecular weight is 347 g/mol. The average Bonchev–Trinajstić information content (AvgIpc) is 2.60. The maximum atomic E-state index is 12.3. The molecule has 1 aliphatic heterocycles. The first kappa shape index (κ1) is 19.1. The fraction of sp³-hybridized carbons (Fsp3) is 0.579. The molecule has 1 atom stereocenters. The summed E-state index contributed by atoms with van der Waals surface area (Å²) in [5.41, 5.74) is 1.18. The summed E-state index contributed by atoms with van der Waals surface area (Å²) in [6.45, 7) is 8.54. The van der Waals surface area contributed by atoms with Crippen LogP contribution in [0.5, 0.6) is 5.75 Å². The molecule has 0 unspecified atom stereocenters. The predicted molar refractivity (Wildman–Crippen MR) is 97.7 cm³/mol. The molecule has 1 N–H and O–H groups in total. The number of nitrogens with zero attached hydrogens (tertiary/aromatic N) is 2. The number of amides is 3. The van der Waals surface area contributed by atoms with Crippen LogP contribution in [0.2, 0.25) is 0 Å². The van der Waals surface area contributed by atoms with Crippen molar-refractivity contribution < 1.29 is 14.3 Å². The van der Waals surface area contributed by atoms with E-state index in [1.54, 1.807) is 4.90 Å². The molecule has 0 aliphatic carbocycles. The van der Waals surface area contributed by atoms with E-state index in [0.29, 0.717) is 19.7 Å². The van der Waals surface area contributed by atoms with Crippen molar-refractivity contribution in [2.45, 2.75) is 39.7 Å². The van der Waals surface area contributed by atoms with Crippen molar-refractivity contribution >= 4 is 11.9 Å². The van der Waals surface area contributed by atoms with E-state index in [-0.39, 0.29) is 24.5 Å². The number of carbonyl (C=O) groups is 2. The van der Waals surface area contributed by atoms with E-state index >= 15 is 0 Å². The molecule has 1 aliphatic rings. The molecule has 0 spiro atoms. The normalized spacial score (nSPS) is 15.9. The molecule has 1 saturated heterocycles. The summed E-state index contributed by atoms with van der Waals surface area (Å²) in [5, 5.41) is 2.90.